The molecule has 0 bridgehead atoms. The number of para-hydroxylation sites is 1. The van der Waals surface area contributed by atoms with Crippen molar-refractivity contribution in [2.75, 3.05) is 13.7 Å². The molecule has 0 saturated heterocycles. The number of urea groups is 1. The van der Waals surface area contributed by atoms with Crippen LogP contribution in [0.25, 0.3) is 10.9 Å². The van der Waals surface area contributed by atoms with E-state index in [0.29, 0.717) is 13.0 Å². The maximum absolute atomic E-state index is 12.0. The summed E-state index contributed by atoms with van der Waals surface area (Å²) in [6.45, 7) is 4.37. The fourth-order valence-electron chi connectivity index (χ4n) is 2.64. The van der Waals surface area contributed by atoms with E-state index in [-0.39, 0.29) is 11.9 Å². The van der Waals surface area contributed by atoms with Gasteiger partial charge in [0.25, 0.3) is 0 Å². The molecule has 3 N–H and O–H groups in total. The molecule has 2 aromatic rings. The largest absolute Gasteiger partial charge is 0.467 e. The van der Waals surface area contributed by atoms with Gasteiger partial charge < -0.3 is 20.4 Å². The molecule has 1 aromatic carbocycles. The van der Waals surface area contributed by atoms with E-state index >= 15 is 0 Å². The molecule has 130 valence electrons. The average molecular weight is 331 g/mol. The van der Waals surface area contributed by atoms with Crippen LogP contribution in [0.3, 0.4) is 0 Å². The molecule has 0 aliphatic carbocycles. The van der Waals surface area contributed by atoms with E-state index in [0.717, 1.165) is 22.9 Å². The molecule has 2 rings (SSSR count). The number of hydrogen-bond donors (Lipinski definition) is 3. The lowest BCUT2D eigenvalue weighted by Crippen LogP contribution is -2.49. The summed E-state index contributed by atoms with van der Waals surface area (Å²) in [6, 6.07) is 7.06. The number of nitrogens with one attached hydrogen (secondary N) is 3. The van der Waals surface area contributed by atoms with E-state index in [1.54, 1.807) is 0 Å². The molecule has 1 aromatic heterocycles. The van der Waals surface area contributed by atoms with Crippen molar-refractivity contribution in [2.45, 2.75) is 32.7 Å². The van der Waals surface area contributed by atoms with Crippen molar-refractivity contribution in [2.24, 2.45) is 5.92 Å². The number of esters is 1. The van der Waals surface area contributed by atoms with Gasteiger partial charge in [-0.15, -0.1) is 0 Å². The molecule has 1 heterocycles. The van der Waals surface area contributed by atoms with Crippen LogP contribution in [-0.4, -0.2) is 36.7 Å². The minimum absolute atomic E-state index is 0.0109. The van der Waals surface area contributed by atoms with E-state index < -0.39 is 12.0 Å². The van der Waals surface area contributed by atoms with E-state index in [2.05, 4.69) is 21.7 Å². The number of carbonyl (C=O) groups excluding carboxylic acids is 2. The van der Waals surface area contributed by atoms with E-state index in [1.165, 1.54) is 7.11 Å². The topological polar surface area (TPSA) is 83.2 Å². The lowest BCUT2D eigenvalue weighted by atomic mass is 9.99. The number of aromatic amines is 1. The normalized spacial score (nSPS) is 13.3. The van der Waals surface area contributed by atoms with Crippen molar-refractivity contribution in [1.82, 2.24) is 15.6 Å². The second kappa shape index (κ2) is 8.38. The molecular formula is C18H25N3O3. The number of hydrogen-bond acceptors (Lipinski definition) is 3. The van der Waals surface area contributed by atoms with E-state index in [4.69, 9.17) is 4.74 Å². The molecule has 0 aliphatic heterocycles. The van der Waals surface area contributed by atoms with Crippen molar-refractivity contribution in [3.8, 4) is 0 Å². The lowest BCUT2D eigenvalue weighted by molar-refractivity contribution is -0.144. The van der Waals surface area contributed by atoms with Gasteiger partial charge >= 0.3 is 12.0 Å². The van der Waals surface area contributed by atoms with Gasteiger partial charge in [0.1, 0.15) is 6.04 Å². The van der Waals surface area contributed by atoms with Crippen LogP contribution in [0.2, 0.25) is 0 Å². The maximum Gasteiger partial charge on any atom is 0.328 e. The quantitative estimate of drug-likeness (QED) is 0.682. The third kappa shape index (κ3) is 4.28. The monoisotopic (exact) mass is 331 g/mol. The predicted molar refractivity (Wildman–Crippen MR) is 93.8 cm³/mol. The number of fused-ring (bicyclic) bond motifs is 1. The van der Waals surface area contributed by atoms with Gasteiger partial charge in [-0.25, -0.2) is 9.59 Å². The Bertz CT molecular complexity index is 696. The number of ether oxygens (including phenoxy) is 1. The molecule has 0 fully saturated rings. The summed E-state index contributed by atoms with van der Waals surface area (Å²) >= 11 is 0. The highest BCUT2D eigenvalue weighted by molar-refractivity contribution is 5.84. The van der Waals surface area contributed by atoms with E-state index in [1.807, 2.05) is 38.2 Å². The third-order valence-corrected chi connectivity index (χ3v) is 4.31. The smallest absolute Gasteiger partial charge is 0.328 e. The van der Waals surface area contributed by atoms with Gasteiger partial charge in [-0.1, -0.05) is 38.5 Å². The Morgan fingerprint density at radius 3 is 2.75 bits per heavy atom. The summed E-state index contributed by atoms with van der Waals surface area (Å²) in [5.41, 5.74) is 2.23. The third-order valence-electron chi connectivity index (χ3n) is 4.31. The number of amides is 2. The number of benzene rings is 1. The first kappa shape index (κ1) is 17.8. The highest BCUT2D eigenvalue weighted by atomic mass is 16.5. The molecule has 2 atom stereocenters. The molecule has 0 unspecified atom stereocenters. The lowest BCUT2D eigenvalue weighted by Gasteiger charge is -2.22. The summed E-state index contributed by atoms with van der Waals surface area (Å²) in [5.74, 6) is -0.409. The standard InChI is InChI=1S/C18H25N3O3/c1-4-12(2)16(17(22)24-3)21-18(23)19-10-9-13-11-20-15-8-6-5-7-14(13)15/h5-8,11-12,16,20H,4,9-10H2,1-3H3,(H2,19,21,23)/t12-,16-/m0/s1. The highest BCUT2D eigenvalue weighted by Gasteiger charge is 2.26. The number of aromatic nitrogens is 1. The fourth-order valence-corrected chi connectivity index (χ4v) is 2.64. The molecule has 6 nitrogen and oxygen atoms in total. The summed E-state index contributed by atoms with van der Waals surface area (Å²) in [7, 11) is 1.33. The predicted octanol–water partition coefficient (Wildman–Crippen LogP) is 2.60. The van der Waals surface area contributed by atoms with Crippen LogP contribution in [0.5, 0.6) is 0 Å². The minimum Gasteiger partial charge on any atom is -0.467 e. The average Bonchev–Trinajstić information content (AvgIpc) is 3.01. The van der Waals surface area contributed by atoms with Crippen LogP contribution in [0.1, 0.15) is 25.8 Å². The first-order valence-corrected chi connectivity index (χ1v) is 8.24. The Morgan fingerprint density at radius 1 is 1.29 bits per heavy atom. The first-order valence-electron chi connectivity index (χ1n) is 8.24. The Balaban J connectivity index is 1.87. The van der Waals surface area contributed by atoms with Crippen molar-refractivity contribution in [3.05, 3.63) is 36.0 Å². The van der Waals surface area contributed by atoms with Crippen molar-refractivity contribution in [3.63, 3.8) is 0 Å². The van der Waals surface area contributed by atoms with Crippen LogP contribution >= 0.6 is 0 Å². The van der Waals surface area contributed by atoms with Gasteiger partial charge in [0.05, 0.1) is 7.11 Å². The summed E-state index contributed by atoms with van der Waals surface area (Å²) < 4.78 is 4.76. The van der Waals surface area contributed by atoms with Crippen molar-refractivity contribution in [1.29, 1.82) is 0 Å². The molecule has 2 amide bonds. The molecule has 6 heteroatoms. The maximum atomic E-state index is 12.0. The summed E-state index contributed by atoms with van der Waals surface area (Å²) in [4.78, 5) is 27.0. The summed E-state index contributed by atoms with van der Waals surface area (Å²) in [6.07, 6.45) is 3.44. The first-order chi connectivity index (χ1) is 11.6. The van der Waals surface area contributed by atoms with Crippen LogP contribution in [-0.2, 0) is 16.0 Å². The molecule has 0 saturated carbocycles. The van der Waals surface area contributed by atoms with Gasteiger partial charge in [-0.2, -0.15) is 0 Å². The highest BCUT2D eigenvalue weighted by Crippen LogP contribution is 2.17. The van der Waals surface area contributed by atoms with Crippen LogP contribution < -0.4 is 10.6 Å². The van der Waals surface area contributed by atoms with Crippen molar-refractivity contribution < 1.29 is 14.3 Å². The minimum atomic E-state index is -0.631. The SMILES string of the molecule is CC[C@H](C)[C@H](NC(=O)NCCc1c[nH]c2ccccc12)C(=O)OC. The van der Waals surface area contributed by atoms with Gasteiger partial charge in [0.2, 0.25) is 0 Å². The number of rotatable bonds is 7. The zero-order chi connectivity index (χ0) is 17.5. The zero-order valence-corrected chi connectivity index (χ0v) is 14.4. The zero-order valence-electron chi connectivity index (χ0n) is 14.4. The second-order valence-electron chi connectivity index (χ2n) is 5.90. The van der Waals surface area contributed by atoms with Gasteiger partial charge in [-0.05, 0) is 24.0 Å². The summed E-state index contributed by atoms with van der Waals surface area (Å²) in [5, 5.41) is 6.66. The fraction of sp³-hybridized carbons (Fsp3) is 0.444. The molecule has 0 radical (unpaired) electrons. The molecule has 0 spiro atoms. The molecule has 0 aliphatic rings. The van der Waals surface area contributed by atoms with Crippen LogP contribution in [0, 0.1) is 5.92 Å². The van der Waals surface area contributed by atoms with Gasteiger partial charge in [0.15, 0.2) is 0 Å². The van der Waals surface area contributed by atoms with E-state index in [9.17, 15) is 9.59 Å². The number of methoxy groups -OCH3 is 1. The Labute approximate surface area is 142 Å². The molecule has 24 heavy (non-hydrogen) atoms. The number of H-pyrrole nitrogens is 1. The second-order valence-corrected chi connectivity index (χ2v) is 5.90. The van der Waals surface area contributed by atoms with Crippen LogP contribution in [0.15, 0.2) is 30.5 Å². The number of carbonyl (C=O) groups is 2. The van der Waals surface area contributed by atoms with Crippen LogP contribution in [0.4, 0.5) is 4.79 Å². The Kier molecular flexibility index (Phi) is 6.23. The Hall–Kier alpha value is -2.50. The van der Waals surface area contributed by atoms with Gasteiger partial charge in [0, 0.05) is 23.6 Å². The van der Waals surface area contributed by atoms with Crippen molar-refractivity contribution >= 4 is 22.9 Å². The van der Waals surface area contributed by atoms with Gasteiger partial charge in [-0.3, -0.25) is 0 Å². The Morgan fingerprint density at radius 2 is 2.04 bits per heavy atom. The molecular weight excluding hydrogens is 306 g/mol.